The standard InChI is InChI=1S/C20H29N5O3S2/c1-3-5-6-16-7-9-17(10-8-16)25-20(21-22-23-25)29-14-19(26)24(12-4-2)18-11-13-30(27,28)15-18/h7-10,18H,3-6,11-15H2,1-2H3. The van der Waals surface area contributed by atoms with Crippen LogP contribution in [0.2, 0.25) is 0 Å². The highest BCUT2D eigenvalue weighted by Gasteiger charge is 2.34. The number of amides is 1. The molecule has 1 amide bonds. The van der Waals surface area contributed by atoms with E-state index >= 15 is 0 Å². The summed E-state index contributed by atoms with van der Waals surface area (Å²) < 4.78 is 25.3. The number of sulfone groups is 1. The Kier molecular flexibility index (Phi) is 7.87. The molecule has 1 aromatic carbocycles. The maximum absolute atomic E-state index is 12.9. The first-order chi connectivity index (χ1) is 14.4. The fraction of sp³-hybridized carbons (Fsp3) is 0.600. The summed E-state index contributed by atoms with van der Waals surface area (Å²) in [6, 6.07) is 7.90. The van der Waals surface area contributed by atoms with E-state index in [9.17, 15) is 13.2 Å². The number of carbonyl (C=O) groups excluding carboxylic acids is 1. The van der Waals surface area contributed by atoms with Gasteiger partial charge in [0.1, 0.15) is 0 Å². The Morgan fingerprint density at radius 1 is 1.23 bits per heavy atom. The van der Waals surface area contributed by atoms with Crippen molar-refractivity contribution < 1.29 is 13.2 Å². The van der Waals surface area contributed by atoms with E-state index in [1.54, 1.807) is 9.58 Å². The van der Waals surface area contributed by atoms with Crippen LogP contribution < -0.4 is 0 Å². The zero-order valence-corrected chi connectivity index (χ0v) is 19.2. The minimum absolute atomic E-state index is 0.0610. The second kappa shape index (κ2) is 10.4. The predicted molar refractivity (Wildman–Crippen MR) is 118 cm³/mol. The number of tetrazole rings is 1. The average molecular weight is 452 g/mol. The van der Waals surface area contributed by atoms with Gasteiger partial charge in [0.25, 0.3) is 0 Å². The molecule has 10 heteroatoms. The van der Waals surface area contributed by atoms with Crippen LogP contribution in [0.3, 0.4) is 0 Å². The molecule has 30 heavy (non-hydrogen) atoms. The third-order valence-electron chi connectivity index (χ3n) is 5.20. The van der Waals surface area contributed by atoms with Crippen LogP contribution in [0.4, 0.5) is 0 Å². The Hall–Kier alpha value is -1.94. The Labute approximate surface area is 182 Å². The van der Waals surface area contributed by atoms with Gasteiger partial charge in [0, 0.05) is 12.6 Å². The molecule has 0 bridgehead atoms. The summed E-state index contributed by atoms with van der Waals surface area (Å²) in [4.78, 5) is 14.6. The fourth-order valence-electron chi connectivity index (χ4n) is 3.60. The predicted octanol–water partition coefficient (Wildman–Crippen LogP) is 2.52. The molecule has 8 nitrogen and oxygen atoms in total. The molecule has 3 rings (SSSR count). The lowest BCUT2D eigenvalue weighted by Gasteiger charge is -2.27. The molecular formula is C20H29N5O3S2. The highest BCUT2D eigenvalue weighted by Crippen LogP contribution is 2.22. The van der Waals surface area contributed by atoms with E-state index in [2.05, 4.69) is 34.6 Å². The van der Waals surface area contributed by atoms with Crippen molar-refractivity contribution in [3.05, 3.63) is 29.8 Å². The number of hydrogen-bond acceptors (Lipinski definition) is 7. The van der Waals surface area contributed by atoms with Gasteiger partial charge in [-0.15, -0.1) is 5.10 Å². The monoisotopic (exact) mass is 451 g/mol. The van der Waals surface area contributed by atoms with Crippen molar-refractivity contribution in [3.63, 3.8) is 0 Å². The molecule has 2 heterocycles. The summed E-state index contributed by atoms with van der Waals surface area (Å²) in [6.07, 6.45) is 4.66. The van der Waals surface area contributed by atoms with Crippen molar-refractivity contribution in [3.8, 4) is 5.69 Å². The lowest BCUT2D eigenvalue weighted by atomic mass is 10.1. The number of carbonyl (C=O) groups is 1. The first-order valence-electron chi connectivity index (χ1n) is 10.4. The third-order valence-corrected chi connectivity index (χ3v) is 7.85. The lowest BCUT2D eigenvalue weighted by molar-refractivity contribution is -0.130. The number of nitrogens with zero attached hydrogens (tertiary/aromatic N) is 5. The number of benzene rings is 1. The number of aromatic nitrogens is 4. The number of aryl methyl sites for hydroxylation is 1. The van der Waals surface area contributed by atoms with E-state index in [1.165, 1.54) is 17.3 Å². The first kappa shape index (κ1) is 22.7. The first-order valence-corrected chi connectivity index (χ1v) is 13.2. The quantitative estimate of drug-likeness (QED) is 0.512. The van der Waals surface area contributed by atoms with Gasteiger partial charge in [-0.2, -0.15) is 4.68 Å². The molecule has 1 saturated heterocycles. The van der Waals surface area contributed by atoms with Gasteiger partial charge in [-0.25, -0.2) is 8.42 Å². The maximum atomic E-state index is 12.9. The summed E-state index contributed by atoms with van der Waals surface area (Å²) in [7, 11) is -3.04. The van der Waals surface area contributed by atoms with Crippen molar-refractivity contribution in [2.45, 2.75) is 57.1 Å². The minimum atomic E-state index is -3.04. The van der Waals surface area contributed by atoms with Crippen molar-refractivity contribution in [2.75, 3.05) is 23.8 Å². The van der Waals surface area contributed by atoms with Gasteiger partial charge in [0.15, 0.2) is 9.84 Å². The molecular weight excluding hydrogens is 422 g/mol. The van der Waals surface area contributed by atoms with Gasteiger partial charge >= 0.3 is 0 Å². The lowest BCUT2D eigenvalue weighted by Crippen LogP contribution is -2.42. The van der Waals surface area contributed by atoms with Crippen LogP contribution >= 0.6 is 11.8 Å². The summed E-state index contributed by atoms with van der Waals surface area (Å²) in [6.45, 7) is 4.72. The average Bonchev–Trinajstić information content (AvgIpc) is 3.35. The zero-order valence-electron chi connectivity index (χ0n) is 17.5. The highest BCUT2D eigenvalue weighted by atomic mass is 32.2. The molecule has 1 atom stereocenters. The Morgan fingerprint density at radius 3 is 2.63 bits per heavy atom. The largest absolute Gasteiger partial charge is 0.338 e. The van der Waals surface area contributed by atoms with Gasteiger partial charge in [0.05, 0.1) is 22.9 Å². The molecule has 1 unspecified atom stereocenters. The van der Waals surface area contributed by atoms with Gasteiger partial charge in [0.2, 0.25) is 11.1 Å². The summed E-state index contributed by atoms with van der Waals surface area (Å²) >= 11 is 1.27. The molecule has 1 aliphatic heterocycles. The number of thioether (sulfide) groups is 1. The minimum Gasteiger partial charge on any atom is -0.338 e. The summed E-state index contributed by atoms with van der Waals surface area (Å²) in [5.74, 6) is 0.315. The molecule has 1 fully saturated rings. The van der Waals surface area contributed by atoms with Crippen LogP contribution in [0, 0.1) is 0 Å². The van der Waals surface area contributed by atoms with Crippen molar-refractivity contribution in [1.29, 1.82) is 0 Å². The van der Waals surface area contributed by atoms with Crippen LogP contribution in [0.25, 0.3) is 5.69 Å². The number of rotatable bonds is 10. The van der Waals surface area contributed by atoms with Crippen LogP contribution in [0.1, 0.15) is 45.1 Å². The van der Waals surface area contributed by atoms with E-state index < -0.39 is 9.84 Å². The van der Waals surface area contributed by atoms with E-state index in [0.29, 0.717) is 18.1 Å². The van der Waals surface area contributed by atoms with E-state index in [0.717, 1.165) is 31.4 Å². The molecule has 1 aromatic heterocycles. The molecule has 0 N–H and O–H groups in total. The second-order valence-electron chi connectivity index (χ2n) is 7.58. The smallest absolute Gasteiger partial charge is 0.233 e. The van der Waals surface area contributed by atoms with Crippen LogP contribution in [-0.4, -0.2) is 69.3 Å². The molecule has 0 radical (unpaired) electrons. The summed E-state index contributed by atoms with van der Waals surface area (Å²) in [5.41, 5.74) is 2.13. The van der Waals surface area contributed by atoms with E-state index in [-0.39, 0.29) is 29.2 Å². The van der Waals surface area contributed by atoms with E-state index in [4.69, 9.17) is 0 Å². The zero-order chi connectivity index (χ0) is 21.6. The van der Waals surface area contributed by atoms with Gasteiger partial charge in [-0.1, -0.05) is 44.2 Å². The second-order valence-corrected chi connectivity index (χ2v) is 10.7. The molecule has 0 aliphatic carbocycles. The van der Waals surface area contributed by atoms with Gasteiger partial charge in [-0.3, -0.25) is 4.79 Å². The third kappa shape index (κ3) is 5.81. The molecule has 2 aromatic rings. The molecule has 0 spiro atoms. The number of unbranched alkanes of at least 4 members (excludes halogenated alkanes) is 1. The molecule has 1 aliphatic rings. The maximum Gasteiger partial charge on any atom is 0.233 e. The SMILES string of the molecule is CCCCc1ccc(-n2nnnc2SCC(=O)N(CCC)C2CCS(=O)(=O)C2)cc1. The Balaban J connectivity index is 1.64. The van der Waals surface area contributed by atoms with Gasteiger partial charge < -0.3 is 4.90 Å². The molecule has 0 saturated carbocycles. The van der Waals surface area contributed by atoms with Crippen molar-refractivity contribution in [1.82, 2.24) is 25.1 Å². The van der Waals surface area contributed by atoms with Crippen LogP contribution in [-0.2, 0) is 21.1 Å². The van der Waals surface area contributed by atoms with Crippen molar-refractivity contribution in [2.24, 2.45) is 0 Å². The fourth-order valence-corrected chi connectivity index (χ4v) is 6.11. The number of hydrogen-bond donors (Lipinski definition) is 0. The topological polar surface area (TPSA) is 98.1 Å². The molecule has 164 valence electrons. The normalized spacial score (nSPS) is 17.9. The summed E-state index contributed by atoms with van der Waals surface area (Å²) in [5, 5.41) is 12.4. The van der Waals surface area contributed by atoms with Crippen LogP contribution in [0.5, 0.6) is 0 Å². The van der Waals surface area contributed by atoms with Crippen LogP contribution in [0.15, 0.2) is 29.4 Å². The van der Waals surface area contributed by atoms with E-state index in [1.807, 2.05) is 19.1 Å². The van der Waals surface area contributed by atoms with Crippen molar-refractivity contribution >= 4 is 27.5 Å². The highest BCUT2D eigenvalue weighted by molar-refractivity contribution is 7.99. The Morgan fingerprint density at radius 2 is 2.00 bits per heavy atom. The Bertz CT molecular complexity index is 944. The van der Waals surface area contributed by atoms with Gasteiger partial charge in [-0.05, 0) is 53.8 Å².